The molecule has 0 aliphatic heterocycles. The molecule has 27 heavy (non-hydrogen) atoms. The summed E-state index contributed by atoms with van der Waals surface area (Å²) in [6.07, 6.45) is 1.75. The van der Waals surface area contributed by atoms with Crippen molar-refractivity contribution >= 4 is 27.9 Å². The second kappa shape index (κ2) is 7.28. The van der Waals surface area contributed by atoms with Crippen molar-refractivity contribution in [2.24, 2.45) is 0 Å². The van der Waals surface area contributed by atoms with Crippen molar-refractivity contribution in [3.63, 3.8) is 0 Å². The maximum atomic E-state index is 12.4. The molecule has 2 aromatic heterocycles. The fraction of sp³-hybridized carbons (Fsp3) is 0.200. The second-order valence-electron chi connectivity index (χ2n) is 6.15. The number of nitrogens with one attached hydrogen (secondary N) is 1. The molecule has 2 aromatic carbocycles. The van der Waals surface area contributed by atoms with Crippen LogP contribution in [-0.4, -0.2) is 25.7 Å². The van der Waals surface area contributed by atoms with E-state index in [2.05, 4.69) is 27.5 Å². The number of amides is 1. The van der Waals surface area contributed by atoms with Crippen molar-refractivity contribution in [3.8, 4) is 10.6 Å². The van der Waals surface area contributed by atoms with E-state index >= 15 is 0 Å². The fourth-order valence-corrected chi connectivity index (χ4v) is 3.65. The predicted molar refractivity (Wildman–Crippen MR) is 107 cm³/mol. The molecule has 0 radical (unpaired) electrons. The Morgan fingerprint density at radius 1 is 1.00 bits per heavy atom. The Hall–Kier alpha value is -3.06. The first kappa shape index (κ1) is 17.4. The van der Waals surface area contributed by atoms with Crippen LogP contribution in [0, 0.1) is 0 Å². The fourth-order valence-electron chi connectivity index (χ4n) is 2.79. The van der Waals surface area contributed by atoms with Crippen molar-refractivity contribution in [1.29, 1.82) is 0 Å². The van der Waals surface area contributed by atoms with Gasteiger partial charge in [-0.3, -0.25) is 4.79 Å². The number of carbonyl (C=O) groups is 1. The molecule has 136 valence electrons. The lowest BCUT2D eigenvalue weighted by atomic mass is 10.1. The topological polar surface area (TPSA) is 72.2 Å². The van der Waals surface area contributed by atoms with Gasteiger partial charge in [0, 0.05) is 23.2 Å². The normalized spacial score (nSPS) is 11.0. The number of hydrogen-bond acceptors (Lipinski definition) is 5. The summed E-state index contributed by atoms with van der Waals surface area (Å²) in [5, 5.41) is 16.7. The molecule has 1 N–H and O–H groups in total. The smallest absolute Gasteiger partial charge is 0.255 e. The van der Waals surface area contributed by atoms with E-state index in [1.807, 2.05) is 55.5 Å². The number of hydrogen-bond donors (Lipinski definition) is 1. The molecular weight excluding hydrogens is 358 g/mol. The Morgan fingerprint density at radius 2 is 1.74 bits per heavy atom. The third kappa shape index (κ3) is 3.46. The van der Waals surface area contributed by atoms with Crippen LogP contribution in [0.2, 0.25) is 0 Å². The van der Waals surface area contributed by atoms with E-state index in [1.165, 1.54) is 16.9 Å². The average molecular weight is 377 g/mol. The zero-order chi connectivity index (χ0) is 18.8. The first-order valence-electron chi connectivity index (χ1n) is 8.89. The molecule has 0 fully saturated rings. The molecule has 1 amide bonds. The van der Waals surface area contributed by atoms with Gasteiger partial charge in [0.05, 0.1) is 0 Å². The number of fused-ring (bicyclic) bond motifs is 1. The summed E-state index contributed by atoms with van der Waals surface area (Å²) in [5.41, 5.74) is 3.60. The van der Waals surface area contributed by atoms with Gasteiger partial charge in [-0.1, -0.05) is 37.3 Å². The minimum atomic E-state index is -0.114. The second-order valence-corrected chi connectivity index (χ2v) is 7.11. The third-order valence-electron chi connectivity index (χ3n) is 4.39. The molecule has 4 aromatic rings. The SMILES string of the molecule is CCc1ccc(C(=O)Nc2ccc(-c3nn4c(CC)nnc4s3)cc2)cc1. The lowest BCUT2D eigenvalue weighted by Crippen LogP contribution is -2.11. The molecule has 7 heteroatoms. The number of aryl methyl sites for hydroxylation is 2. The third-order valence-corrected chi connectivity index (χ3v) is 5.33. The highest BCUT2D eigenvalue weighted by Crippen LogP contribution is 2.26. The van der Waals surface area contributed by atoms with Crippen molar-refractivity contribution in [2.45, 2.75) is 26.7 Å². The van der Waals surface area contributed by atoms with Gasteiger partial charge in [-0.05, 0) is 48.4 Å². The summed E-state index contributed by atoms with van der Waals surface area (Å²) in [4.78, 5) is 13.2. The highest BCUT2D eigenvalue weighted by molar-refractivity contribution is 7.19. The van der Waals surface area contributed by atoms with E-state index in [-0.39, 0.29) is 5.91 Å². The summed E-state index contributed by atoms with van der Waals surface area (Å²) in [7, 11) is 0. The monoisotopic (exact) mass is 377 g/mol. The summed E-state index contributed by atoms with van der Waals surface area (Å²) >= 11 is 1.50. The van der Waals surface area contributed by atoms with Crippen molar-refractivity contribution < 1.29 is 4.79 Å². The zero-order valence-corrected chi connectivity index (χ0v) is 16.0. The van der Waals surface area contributed by atoms with Crippen LogP contribution >= 0.6 is 11.3 Å². The van der Waals surface area contributed by atoms with Crippen LogP contribution in [0.3, 0.4) is 0 Å². The molecule has 0 saturated carbocycles. The maximum Gasteiger partial charge on any atom is 0.255 e. The van der Waals surface area contributed by atoms with Crippen molar-refractivity contribution in [3.05, 3.63) is 65.5 Å². The van der Waals surface area contributed by atoms with Gasteiger partial charge < -0.3 is 5.32 Å². The first-order valence-corrected chi connectivity index (χ1v) is 9.71. The van der Waals surface area contributed by atoms with Gasteiger partial charge >= 0.3 is 0 Å². The van der Waals surface area contributed by atoms with E-state index < -0.39 is 0 Å². The molecule has 2 heterocycles. The van der Waals surface area contributed by atoms with Crippen molar-refractivity contribution in [1.82, 2.24) is 19.8 Å². The van der Waals surface area contributed by atoms with E-state index in [0.717, 1.165) is 39.9 Å². The Labute approximate surface area is 160 Å². The Balaban J connectivity index is 1.50. The predicted octanol–water partition coefficient (Wildman–Crippen LogP) is 4.23. The van der Waals surface area contributed by atoms with Gasteiger partial charge in [-0.15, -0.1) is 10.2 Å². The molecule has 0 spiro atoms. The van der Waals surface area contributed by atoms with Gasteiger partial charge in [0.1, 0.15) is 5.01 Å². The van der Waals surface area contributed by atoms with Gasteiger partial charge in [0.15, 0.2) is 5.82 Å². The zero-order valence-electron chi connectivity index (χ0n) is 15.1. The molecule has 0 aliphatic rings. The molecule has 0 atom stereocenters. The summed E-state index contributed by atoms with van der Waals surface area (Å²) in [6.45, 7) is 4.12. The number of nitrogens with zero attached hydrogens (tertiary/aromatic N) is 4. The Kier molecular flexibility index (Phi) is 4.68. The summed E-state index contributed by atoms with van der Waals surface area (Å²) in [6, 6.07) is 15.3. The molecule has 0 unspecified atom stereocenters. The molecule has 6 nitrogen and oxygen atoms in total. The maximum absolute atomic E-state index is 12.4. The molecule has 4 rings (SSSR count). The highest BCUT2D eigenvalue weighted by atomic mass is 32.1. The Morgan fingerprint density at radius 3 is 2.41 bits per heavy atom. The van der Waals surface area contributed by atoms with Crippen LogP contribution in [0.15, 0.2) is 48.5 Å². The van der Waals surface area contributed by atoms with Gasteiger partial charge in [-0.2, -0.15) is 9.61 Å². The van der Waals surface area contributed by atoms with Crippen LogP contribution in [0.4, 0.5) is 5.69 Å². The molecule has 0 bridgehead atoms. The van der Waals surface area contributed by atoms with E-state index in [0.29, 0.717) is 5.56 Å². The summed E-state index contributed by atoms with van der Waals surface area (Å²) in [5.74, 6) is 0.738. The number of anilines is 1. The van der Waals surface area contributed by atoms with Gasteiger partial charge in [0.2, 0.25) is 4.96 Å². The standard InChI is InChI=1S/C20H19N5OS/c1-3-13-5-7-14(8-6-13)18(26)21-16-11-9-15(10-12-16)19-24-25-17(4-2)22-23-20(25)27-19/h5-12H,3-4H2,1-2H3,(H,21,26). The number of rotatable bonds is 5. The number of benzene rings is 2. The number of aromatic nitrogens is 4. The minimum absolute atomic E-state index is 0.114. The highest BCUT2D eigenvalue weighted by Gasteiger charge is 2.12. The van der Waals surface area contributed by atoms with Crippen molar-refractivity contribution in [2.75, 3.05) is 5.32 Å². The minimum Gasteiger partial charge on any atom is -0.322 e. The lowest BCUT2D eigenvalue weighted by Gasteiger charge is -2.06. The van der Waals surface area contributed by atoms with Crippen LogP contribution < -0.4 is 5.32 Å². The lowest BCUT2D eigenvalue weighted by molar-refractivity contribution is 0.102. The molecule has 0 aliphatic carbocycles. The average Bonchev–Trinajstić information content (AvgIpc) is 3.29. The molecule has 0 saturated heterocycles. The van der Waals surface area contributed by atoms with Crippen LogP contribution in [0.5, 0.6) is 0 Å². The van der Waals surface area contributed by atoms with Crippen LogP contribution in [0.25, 0.3) is 15.5 Å². The van der Waals surface area contributed by atoms with Gasteiger partial charge in [-0.25, -0.2) is 0 Å². The van der Waals surface area contributed by atoms with Crippen LogP contribution in [-0.2, 0) is 12.8 Å². The van der Waals surface area contributed by atoms with Gasteiger partial charge in [0.25, 0.3) is 5.91 Å². The Bertz CT molecular complexity index is 1080. The van der Waals surface area contributed by atoms with E-state index in [1.54, 1.807) is 4.52 Å². The molecular formula is C20H19N5OS. The van der Waals surface area contributed by atoms with E-state index in [9.17, 15) is 4.79 Å². The first-order chi connectivity index (χ1) is 13.2. The van der Waals surface area contributed by atoms with E-state index in [4.69, 9.17) is 0 Å². The largest absolute Gasteiger partial charge is 0.322 e. The summed E-state index contributed by atoms with van der Waals surface area (Å²) < 4.78 is 1.79. The van der Waals surface area contributed by atoms with Crippen LogP contribution in [0.1, 0.15) is 35.6 Å². The number of carbonyl (C=O) groups excluding carboxylic acids is 1. The quantitative estimate of drug-likeness (QED) is 0.565.